The van der Waals surface area contributed by atoms with Crippen LogP contribution in [-0.2, 0) is 19.6 Å². The van der Waals surface area contributed by atoms with Crippen LogP contribution in [0.3, 0.4) is 0 Å². The molecule has 22 heavy (non-hydrogen) atoms. The van der Waals surface area contributed by atoms with E-state index < -0.39 is 22.0 Å². The van der Waals surface area contributed by atoms with E-state index in [1.54, 1.807) is 13.0 Å². The Morgan fingerprint density at radius 2 is 2.14 bits per heavy atom. The Bertz CT molecular complexity index is 683. The zero-order chi connectivity index (χ0) is 16.5. The lowest BCUT2D eigenvalue weighted by atomic mass is 10.2. The van der Waals surface area contributed by atoms with Crippen molar-refractivity contribution in [1.82, 2.24) is 9.62 Å². The van der Waals surface area contributed by atoms with E-state index in [1.165, 1.54) is 17.3 Å². The highest BCUT2D eigenvalue weighted by molar-refractivity contribution is 7.91. The van der Waals surface area contributed by atoms with Crippen LogP contribution >= 0.6 is 11.3 Å². The summed E-state index contributed by atoms with van der Waals surface area (Å²) in [5.41, 5.74) is 5.28. The predicted octanol–water partition coefficient (Wildman–Crippen LogP) is 0.584. The molecule has 0 unspecified atom stereocenters. The molecule has 2 heterocycles. The van der Waals surface area contributed by atoms with Crippen LogP contribution < -0.4 is 11.1 Å². The van der Waals surface area contributed by atoms with Gasteiger partial charge in [0.15, 0.2) is 0 Å². The van der Waals surface area contributed by atoms with Gasteiger partial charge in [-0.3, -0.25) is 9.59 Å². The summed E-state index contributed by atoms with van der Waals surface area (Å²) in [6.45, 7) is 3.49. The van der Waals surface area contributed by atoms with Gasteiger partial charge >= 0.3 is 0 Å². The normalized spacial score (nSPS) is 20.7. The summed E-state index contributed by atoms with van der Waals surface area (Å²) in [5, 5.41) is 2.71. The zero-order valence-electron chi connectivity index (χ0n) is 12.4. The van der Waals surface area contributed by atoms with Crippen LogP contribution in [0.2, 0.25) is 0 Å². The lowest BCUT2D eigenvalue weighted by molar-refractivity contribution is -0.121. The van der Waals surface area contributed by atoms with Crippen molar-refractivity contribution in [2.75, 3.05) is 6.54 Å². The number of carbonyl (C=O) groups excluding carboxylic acids is 2. The molecule has 122 valence electrons. The maximum Gasteiger partial charge on any atom is 0.253 e. The predicted molar refractivity (Wildman–Crippen MR) is 82.7 cm³/mol. The van der Waals surface area contributed by atoms with Gasteiger partial charge in [0, 0.05) is 18.3 Å². The van der Waals surface area contributed by atoms with Crippen molar-refractivity contribution in [3.63, 3.8) is 0 Å². The largest absolute Gasteiger partial charge is 0.368 e. The van der Waals surface area contributed by atoms with Crippen LogP contribution in [0.5, 0.6) is 0 Å². The number of nitrogens with two attached hydrogens (primary N) is 1. The van der Waals surface area contributed by atoms with Gasteiger partial charge in [0.1, 0.15) is 10.3 Å². The molecule has 1 aromatic heterocycles. The molecule has 2 rings (SSSR count). The second-order valence-electron chi connectivity index (χ2n) is 5.26. The van der Waals surface area contributed by atoms with E-state index in [2.05, 4.69) is 5.32 Å². The summed E-state index contributed by atoms with van der Waals surface area (Å²) in [6, 6.07) is 2.14. The third-order valence-electron chi connectivity index (χ3n) is 3.54. The summed E-state index contributed by atoms with van der Waals surface area (Å²) >= 11 is 1.09. The molecule has 3 N–H and O–H groups in total. The minimum absolute atomic E-state index is 0.160. The molecule has 1 saturated heterocycles. The van der Waals surface area contributed by atoms with Gasteiger partial charge in [-0.25, -0.2) is 8.42 Å². The first-order valence-corrected chi connectivity index (χ1v) is 9.17. The van der Waals surface area contributed by atoms with E-state index in [0.717, 1.165) is 16.2 Å². The molecule has 7 nitrogen and oxygen atoms in total. The number of nitrogens with one attached hydrogen (secondary N) is 1. The van der Waals surface area contributed by atoms with Crippen LogP contribution in [0.25, 0.3) is 0 Å². The summed E-state index contributed by atoms with van der Waals surface area (Å²) in [7, 11) is -3.74. The molecule has 0 aromatic carbocycles. The summed E-state index contributed by atoms with van der Waals surface area (Å²) in [6.07, 6.45) is 1.07. The zero-order valence-corrected chi connectivity index (χ0v) is 14.0. The van der Waals surface area contributed by atoms with Crippen molar-refractivity contribution in [1.29, 1.82) is 0 Å². The van der Waals surface area contributed by atoms with Gasteiger partial charge in [0.2, 0.25) is 11.8 Å². The molecule has 2 atom stereocenters. The molecule has 0 aliphatic carbocycles. The Morgan fingerprint density at radius 3 is 2.73 bits per heavy atom. The topological polar surface area (TPSA) is 110 Å². The van der Waals surface area contributed by atoms with Gasteiger partial charge in [0.25, 0.3) is 10.0 Å². The van der Waals surface area contributed by atoms with Gasteiger partial charge in [-0.2, -0.15) is 4.31 Å². The van der Waals surface area contributed by atoms with Crippen molar-refractivity contribution < 1.29 is 18.0 Å². The fraction of sp³-hybridized carbons (Fsp3) is 0.538. The average Bonchev–Trinajstić information content (AvgIpc) is 3.08. The number of hydrogen-bond donors (Lipinski definition) is 2. The summed E-state index contributed by atoms with van der Waals surface area (Å²) < 4.78 is 26.6. The first kappa shape index (κ1) is 16.9. The van der Waals surface area contributed by atoms with E-state index in [-0.39, 0.29) is 16.2 Å². The fourth-order valence-corrected chi connectivity index (χ4v) is 5.63. The average molecular weight is 345 g/mol. The molecule has 0 spiro atoms. The van der Waals surface area contributed by atoms with Crippen molar-refractivity contribution in [2.24, 2.45) is 5.73 Å². The number of thiophene rings is 1. The Hall–Kier alpha value is -1.45. The molecule has 9 heteroatoms. The van der Waals surface area contributed by atoms with Crippen LogP contribution in [-0.4, -0.2) is 37.1 Å². The molecular formula is C13H19N3O4S2. The molecule has 0 saturated carbocycles. The fourth-order valence-electron chi connectivity index (χ4n) is 2.51. The van der Waals surface area contributed by atoms with Gasteiger partial charge < -0.3 is 11.1 Å². The number of nitrogens with zero attached hydrogens (tertiary/aromatic N) is 1. The first-order valence-electron chi connectivity index (χ1n) is 6.91. The standard InChI is InChI=1S/C13H19N3O4S2/c1-8(15-9(2)17)11-5-6-12(21-11)22(19,20)16-7-3-4-10(16)13(14)18/h5-6,8,10H,3-4,7H2,1-2H3,(H2,14,18)(H,15,17)/t8-,10-/m0/s1. The highest BCUT2D eigenvalue weighted by Gasteiger charge is 2.39. The number of carbonyl (C=O) groups is 2. The second-order valence-corrected chi connectivity index (χ2v) is 8.49. The monoisotopic (exact) mass is 345 g/mol. The summed E-state index contributed by atoms with van der Waals surface area (Å²) in [5.74, 6) is -0.803. The smallest absolute Gasteiger partial charge is 0.253 e. The maximum absolute atomic E-state index is 12.6. The Kier molecular flexibility index (Phi) is 4.88. The summed E-state index contributed by atoms with van der Waals surface area (Å²) in [4.78, 5) is 23.2. The van der Waals surface area contributed by atoms with E-state index >= 15 is 0 Å². The first-order chi connectivity index (χ1) is 10.2. The molecule has 0 bridgehead atoms. The van der Waals surface area contributed by atoms with Crippen molar-refractivity contribution >= 4 is 33.2 Å². The third-order valence-corrected chi connectivity index (χ3v) is 7.19. The molecule has 1 fully saturated rings. The van der Waals surface area contributed by atoms with Gasteiger partial charge in [-0.05, 0) is 31.9 Å². The maximum atomic E-state index is 12.6. The molecular weight excluding hydrogens is 326 g/mol. The molecule has 2 amide bonds. The van der Waals surface area contributed by atoms with Crippen LogP contribution in [0.4, 0.5) is 0 Å². The Labute approximate surface area is 133 Å². The van der Waals surface area contributed by atoms with Crippen LogP contribution in [0, 0.1) is 0 Å². The molecule has 1 aromatic rings. The molecule has 0 radical (unpaired) electrons. The minimum atomic E-state index is -3.74. The van der Waals surface area contributed by atoms with Crippen molar-refractivity contribution in [3.8, 4) is 0 Å². The minimum Gasteiger partial charge on any atom is -0.368 e. The SMILES string of the molecule is CC(=O)N[C@@H](C)c1ccc(S(=O)(=O)N2CCC[C@H]2C(N)=O)s1. The Morgan fingerprint density at radius 1 is 1.45 bits per heavy atom. The second kappa shape index (κ2) is 6.35. The van der Waals surface area contributed by atoms with Gasteiger partial charge in [-0.15, -0.1) is 11.3 Å². The van der Waals surface area contributed by atoms with Crippen molar-refractivity contribution in [3.05, 3.63) is 17.0 Å². The molecule has 1 aliphatic rings. The third kappa shape index (κ3) is 3.31. The van der Waals surface area contributed by atoms with E-state index in [9.17, 15) is 18.0 Å². The van der Waals surface area contributed by atoms with Crippen molar-refractivity contribution in [2.45, 2.75) is 43.0 Å². The highest BCUT2D eigenvalue weighted by atomic mass is 32.2. The van der Waals surface area contributed by atoms with Crippen LogP contribution in [0.1, 0.15) is 37.6 Å². The number of sulfonamides is 1. The van der Waals surface area contributed by atoms with E-state index in [1.807, 2.05) is 0 Å². The quantitative estimate of drug-likeness (QED) is 0.813. The lowest BCUT2D eigenvalue weighted by Crippen LogP contribution is -2.43. The van der Waals surface area contributed by atoms with E-state index in [0.29, 0.717) is 19.4 Å². The van der Waals surface area contributed by atoms with Crippen LogP contribution in [0.15, 0.2) is 16.3 Å². The number of amides is 2. The lowest BCUT2D eigenvalue weighted by Gasteiger charge is -2.20. The van der Waals surface area contributed by atoms with Gasteiger partial charge in [-0.1, -0.05) is 0 Å². The van der Waals surface area contributed by atoms with E-state index in [4.69, 9.17) is 5.73 Å². The van der Waals surface area contributed by atoms with Gasteiger partial charge in [0.05, 0.1) is 6.04 Å². The highest BCUT2D eigenvalue weighted by Crippen LogP contribution is 2.32. The number of rotatable bonds is 5. The number of primary amides is 1. The molecule has 1 aliphatic heterocycles. The number of hydrogen-bond acceptors (Lipinski definition) is 5. The Balaban J connectivity index is 2.25.